The van der Waals surface area contributed by atoms with Crippen LogP contribution >= 0.6 is 0 Å². The summed E-state index contributed by atoms with van der Waals surface area (Å²) in [4.78, 5) is 33.1. The van der Waals surface area contributed by atoms with Crippen LogP contribution in [0.3, 0.4) is 0 Å². The first-order chi connectivity index (χ1) is 11.8. The molecule has 134 valence electrons. The molecule has 0 bridgehead atoms. The molecule has 2 aliphatic rings. The maximum atomic E-state index is 11.1. The van der Waals surface area contributed by atoms with E-state index < -0.39 is 17.7 Å². The van der Waals surface area contributed by atoms with Crippen molar-refractivity contribution in [2.45, 2.75) is 44.8 Å². The van der Waals surface area contributed by atoms with Crippen molar-refractivity contribution in [1.82, 2.24) is 0 Å². The Morgan fingerprint density at radius 2 is 1.64 bits per heavy atom. The minimum Gasteiger partial charge on any atom is -0.469 e. The molecule has 1 aliphatic heterocycles. The van der Waals surface area contributed by atoms with Crippen molar-refractivity contribution in [1.29, 1.82) is 0 Å². The Balaban J connectivity index is 0.000000181. The lowest BCUT2D eigenvalue weighted by Crippen LogP contribution is -2.44. The molecule has 0 aromatic heterocycles. The van der Waals surface area contributed by atoms with Gasteiger partial charge in [-0.05, 0) is 25.3 Å². The summed E-state index contributed by atoms with van der Waals surface area (Å²) in [6.07, 6.45) is 3.42. The molecule has 1 saturated carbocycles. The Bertz CT molecular complexity index is 646. The third kappa shape index (κ3) is 4.92. The van der Waals surface area contributed by atoms with E-state index in [1.165, 1.54) is 12.7 Å². The van der Waals surface area contributed by atoms with Crippen LogP contribution in [0.15, 0.2) is 36.4 Å². The molecular weight excluding hydrogens is 324 g/mol. The summed E-state index contributed by atoms with van der Waals surface area (Å²) in [6, 6.07) is 7.84. The van der Waals surface area contributed by atoms with Crippen molar-refractivity contribution in [3.05, 3.63) is 47.5 Å². The third-order valence-corrected chi connectivity index (χ3v) is 4.11. The molecule has 2 fully saturated rings. The molecular formula is C19H22O6. The number of benzene rings is 1. The smallest absolute Gasteiger partial charge is 0.348 e. The molecule has 6 nitrogen and oxygen atoms in total. The maximum absolute atomic E-state index is 11.1. The van der Waals surface area contributed by atoms with Crippen LogP contribution in [0, 0.1) is 6.92 Å². The van der Waals surface area contributed by atoms with Gasteiger partial charge in [-0.1, -0.05) is 36.4 Å². The molecule has 0 amide bonds. The fourth-order valence-electron chi connectivity index (χ4n) is 2.63. The molecule has 1 aromatic carbocycles. The largest absolute Gasteiger partial charge is 0.469 e. The molecule has 0 radical (unpaired) electrons. The number of carbonyl (C=O) groups excluding carboxylic acids is 3. The predicted octanol–water partition coefficient (Wildman–Crippen LogP) is 2.62. The van der Waals surface area contributed by atoms with Crippen molar-refractivity contribution in [2.24, 2.45) is 0 Å². The van der Waals surface area contributed by atoms with Gasteiger partial charge in [-0.15, -0.1) is 0 Å². The van der Waals surface area contributed by atoms with Gasteiger partial charge < -0.3 is 14.2 Å². The standard InChI is InChI=1S/C10H12O2.C9H10O4/c1-8-3-5-9(6-4-8)7-10(11)12-2;1-6-7(10)12-9(13-8(6)11)4-2-3-5-9/h3-6H,7H2,1-2H3;1-5H2. The fourth-order valence-corrected chi connectivity index (χ4v) is 2.63. The lowest BCUT2D eigenvalue weighted by Gasteiger charge is -2.32. The van der Waals surface area contributed by atoms with Crippen LogP contribution in [0.5, 0.6) is 0 Å². The van der Waals surface area contributed by atoms with Crippen molar-refractivity contribution in [3.63, 3.8) is 0 Å². The van der Waals surface area contributed by atoms with Gasteiger partial charge in [0.25, 0.3) is 5.79 Å². The monoisotopic (exact) mass is 346 g/mol. The molecule has 3 rings (SSSR count). The number of carbonyl (C=O) groups is 3. The van der Waals surface area contributed by atoms with Gasteiger partial charge in [0, 0.05) is 12.8 Å². The molecule has 1 heterocycles. The van der Waals surface area contributed by atoms with Gasteiger partial charge in [-0.25, -0.2) is 9.59 Å². The molecule has 1 aromatic rings. The van der Waals surface area contributed by atoms with E-state index in [9.17, 15) is 14.4 Å². The highest BCUT2D eigenvalue weighted by Gasteiger charge is 2.47. The fraction of sp³-hybridized carbons (Fsp3) is 0.421. The van der Waals surface area contributed by atoms with Crippen molar-refractivity contribution < 1.29 is 28.6 Å². The Kier molecular flexibility index (Phi) is 5.96. The van der Waals surface area contributed by atoms with E-state index in [0.717, 1.165) is 18.4 Å². The quantitative estimate of drug-likeness (QED) is 0.465. The lowest BCUT2D eigenvalue weighted by atomic mass is 10.1. The second kappa shape index (κ2) is 7.96. The van der Waals surface area contributed by atoms with Crippen LogP contribution < -0.4 is 0 Å². The Labute approximate surface area is 146 Å². The Morgan fingerprint density at radius 1 is 1.12 bits per heavy atom. The second-order valence-electron chi connectivity index (χ2n) is 6.11. The topological polar surface area (TPSA) is 78.9 Å². The number of rotatable bonds is 2. The zero-order valence-corrected chi connectivity index (χ0v) is 14.5. The number of ether oxygens (including phenoxy) is 3. The molecule has 6 heteroatoms. The summed E-state index contributed by atoms with van der Waals surface area (Å²) in [5.41, 5.74) is 1.98. The molecule has 1 aliphatic carbocycles. The summed E-state index contributed by atoms with van der Waals surface area (Å²) in [5.74, 6) is -2.44. The maximum Gasteiger partial charge on any atom is 0.348 e. The van der Waals surface area contributed by atoms with E-state index in [-0.39, 0.29) is 11.5 Å². The normalized spacial score (nSPS) is 18.1. The average Bonchev–Trinajstić information content (AvgIpc) is 3.03. The third-order valence-electron chi connectivity index (χ3n) is 4.11. The average molecular weight is 346 g/mol. The van der Waals surface area contributed by atoms with Gasteiger partial charge in [0.2, 0.25) is 0 Å². The number of hydrogen-bond acceptors (Lipinski definition) is 6. The molecule has 1 saturated heterocycles. The van der Waals surface area contributed by atoms with Crippen LogP contribution in [0.2, 0.25) is 0 Å². The number of aryl methyl sites for hydroxylation is 1. The summed E-state index contributed by atoms with van der Waals surface area (Å²) >= 11 is 0. The van der Waals surface area contributed by atoms with Crippen LogP contribution in [-0.4, -0.2) is 30.8 Å². The first-order valence-corrected chi connectivity index (χ1v) is 8.13. The predicted molar refractivity (Wildman–Crippen MR) is 89.4 cm³/mol. The van der Waals surface area contributed by atoms with Crippen LogP contribution in [0.4, 0.5) is 0 Å². The summed E-state index contributed by atoms with van der Waals surface area (Å²) in [5, 5.41) is 0. The van der Waals surface area contributed by atoms with Gasteiger partial charge in [0.15, 0.2) is 0 Å². The van der Waals surface area contributed by atoms with Gasteiger partial charge in [0.05, 0.1) is 13.5 Å². The molecule has 0 N–H and O–H groups in total. The van der Waals surface area contributed by atoms with Crippen molar-refractivity contribution >= 4 is 17.9 Å². The highest BCUT2D eigenvalue weighted by Crippen LogP contribution is 2.37. The number of hydrogen-bond donors (Lipinski definition) is 0. The van der Waals surface area contributed by atoms with E-state index in [1.807, 2.05) is 31.2 Å². The van der Waals surface area contributed by atoms with Crippen LogP contribution in [-0.2, 0) is 35.0 Å². The summed E-state index contributed by atoms with van der Waals surface area (Å²) in [6.45, 7) is 5.30. The lowest BCUT2D eigenvalue weighted by molar-refractivity contribution is -0.232. The Hall–Kier alpha value is -2.63. The zero-order valence-electron chi connectivity index (χ0n) is 14.5. The highest BCUT2D eigenvalue weighted by atomic mass is 16.7. The van der Waals surface area contributed by atoms with Gasteiger partial charge in [-0.3, -0.25) is 4.79 Å². The summed E-state index contributed by atoms with van der Waals surface area (Å²) < 4.78 is 14.6. The van der Waals surface area contributed by atoms with E-state index in [2.05, 4.69) is 11.3 Å². The van der Waals surface area contributed by atoms with E-state index in [1.54, 1.807) is 0 Å². The number of esters is 3. The van der Waals surface area contributed by atoms with E-state index >= 15 is 0 Å². The molecule has 1 spiro atoms. The van der Waals surface area contributed by atoms with Gasteiger partial charge in [-0.2, -0.15) is 0 Å². The first-order valence-electron chi connectivity index (χ1n) is 8.13. The zero-order chi connectivity index (χ0) is 18.4. The van der Waals surface area contributed by atoms with Crippen molar-refractivity contribution in [3.8, 4) is 0 Å². The van der Waals surface area contributed by atoms with Gasteiger partial charge >= 0.3 is 17.9 Å². The molecule has 0 unspecified atom stereocenters. The number of methoxy groups -OCH3 is 1. The minimum atomic E-state index is -0.963. The molecule has 25 heavy (non-hydrogen) atoms. The van der Waals surface area contributed by atoms with Crippen molar-refractivity contribution in [2.75, 3.05) is 7.11 Å². The van der Waals surface area contributed by atoms with Crippen LogP contribution in [0.1, 0.15) is 36.8 Å². The second-order valence-corrected chi connectivity index (χ2v) is 6.11. The van der Waals surface area contributed by atoms with E-state index in [0.29, 0.717) is 19.3 Å². The van der Waals surface area contributed by atoms with Gasteiger partial charge in [0.1, 0.15) is 5.57 Å². The SMILES string of the molecule is C=C1C(=O)OC2(CCCC2)OC1=O.COC(=O)Cc1ccc(C)cc1. The summed E-state index contributed by atoms with van der Waals surface area (Å²) in [7, 11) is 1.40. The Morgan fingerprint density at radius 3 is 2.12 bits per heavy atom. The minimum absolute atomic E-state index is 0.196. The highest BCUT2D eigenvalue weighted by molar-refractivity contribution is 6.14. The first kappa shape index (κ1) is 18.7. The van der Waals surface area contributed by atoms with E-state index in [4.69, 9.17) is 9.47 Å². The molecule has 0 atom stereocenters. The van der Waals surface area contributed by atoms with Crippen LogP contribution in [0.25, 0.3) is 0 Å².